The van der Waals surface area contributed by atoms with Gasteiger partial charge < -0.3 is 8.83 Å². The SMILES string of the molecule is O=C(CCCCCc1ccccc1)Cc1nc(-c2ncco2)co1. The fourth-order valence-corrected chi connectivity index (χ4v) is 2.57. The molecule has 0 fully saturated rings. The summed E-state index contributed by atoms with van der Waals surface area (Å²) in [6.45, 7) is 0. The van der Waals surface area contributed by atoms with E-state index in [2.05, 4.69) is 34.2 Å². The third-order valence-electron chi connectivity index (χ3n) is 3.82. The Bertz CT molecular complexity index is 748. The molecule has 0 radical (unpaired) electrons. The molecule has 5 heteroatoms. The molecule has 24 heavy (non-hydrogen) atoms. The fourth-order valence-electron chi connectivity index (χ4n) is 2.57. The minimum absolute atomic E-state index is 0.149. The van der Waals surface area contributed by atoms with E-state index in [9.17, 15) is 4.79 Å². The summed E-state index contributed by atoms with van der Waals surface area (Å²) < 4.78 is 10.5. The molecule has 0 bridgehead atoms. The zero-order valence-electron chi connectivity index (χ0n) is 13.5. The summed E-state index contributed by atoms with van der Waals surface area (Å²) >= 11 is 0. The van der Waals surface area contributed by atoms with E-state index in [0.717, 1.165) is 25.7 Å². The highest BCUT2D eigenvalue weighted by molar-refractivity contribution is 5.80. The number of unbranched alkanes of at least 4 members (excludes halogenated alkanes) is 2. The van der Waals surface area contributed by atoms with Gasteiger partial charge in [0.2, 0.25) is 11.8 Å². The minimum atomic E-state index is 0.149. The van der Waals surface area contributed by atoms with Crippen molar-refractivity contribution in [3.05, 3.63) is 60.5 Å². The van der Waals surface area contributed by atoms with Gasteiger partial charge in [-0.2, -0.15) is 0 Å². The molecular formula is C19H20N2O3. The van der Waals surface area contributed by atoms with Crippen LogP contribution in [0.5, 0.6) is 0 Å². The maximum Gasteiger partial charge on any atom is 0.248 e. The molecule has 0 saturated carbocycles. The number of hydrogen-bond donors (Lipinski definition) is 0. The number of aryl methyl sites for hydroxylation is 1. The molecule has 0 unspecified atom stereocenters. The van der Waals surface area contributed by atoms with E-state index in [1.54, 1.807) is 6.20 Å². The highest BCUT2D eigenvalue weighted by Crippen LogP contribution is 2.17. The highest BCUT2D eigenvalue weighted by Gasteiger charge is 2.12. The fraction of sp³-hybridized carbons (Fsp3) is 0.316. The molecule has 0 atom stereocenters. The quantitative estimate of drug-likeness (QED) is 0.550. The van der Waals surface area contributed by atoms with Gasteiger partial charge in [0.25, 0.3) is 0 Å². The van der Waals surface area contributed by atoms with Gasteiger partial charge >= 0.3 is 0 Å². The average Bonchev–Trinajstić information content (AvgIpc) is 3.27. The van der Waals surface area contributed by atoms with Gasteiger partial charge in [0, 0.05) is 6.42 Å². The number of carbonyl (C=O) groups is 1. The first-order valence-corrected chi connectivity index (χ1v) is 8.21. The van der Waals surface area contributed by atoms with Gasteiger partial charge in [-0.1, -0.05) is 36.8 Å². The van der Waals surface area contributed by atoms with Gasteiger partial charge in [-0.3, -0.25) is 4.79 Å². The Morgan fingerprint density at radius 1 is 1.04 bits per heavy atom. The molecule has 3 rings (SSSR count). The molecule has 0 N–H and O–H groups in total. The predicted octanol–water partition coefficient (Wildman–Crippen LogP) is 4.24. The third-order valence-corrected chi connectivity index (χ3v) is 3.82. The first-order valence-electron chi connectivity index (χ1n) is 8.21. The first-order chi connectivity index (χ1) is 11.8. The van der Waals surface area contributed by atoms with Gasteiger partial charge in [0.05, 0.1) is 12.6 Å². The minimum Gasteiger partial charge on any atom is -0.448 e. The van der Waals surface area contributed by atoms with E-state index >= 15 is 0 Å². The number of hydrogen-bond acceptors (Lipinski definition) is 5. The number of Topliss-reactive ketones (excluding diaryl/α,β-unsaturated/α-hetero) is 1. The second-order valence-electron chi connectivity index (χ2n) is 5.73. The maximum atomic E-state index is 12.0. The normalized spacial score (nSPS) is 10.8. The molecule has 124 valence electrons. The molecule has 0 saturated heterocycles. The van der Waals surface area contributed by atoms with Crippen LogP contribution in [0.1, 0.15) is 37.1 Å². The second-order valence-corrected chi connectivity index (χ2v) is 5.73. The number of benzene rings is 1. The van der Waals surface area contributed by atoms with Crippen molar-refractivity contribution >= 4 is 5.78 Å². The first kappa shape index (κ1) is 16.2. The molecule has 0 aliphatic rings. The van der Waals surface area contributed by atoms with Crippen molar-refractivity contribution < 1.29 is 13.6 Å². The van der Waals surface area contributed by atoms with Crippen molar-refractivity contribution in [3.63, 3.8) is 0 Å². The lowest BCUT2D eigenvalue weighted by Gasteiger charge is -2.01. The summed E-state index contributed by atoms with van der Waals surface area (Å²) in [6.07, 6.45) is 9.39. The van der Waals surface area contributed by atoms with Crippen molar-refractivity contribution in [2.45, 2.75) is 38.5 Å². The Morgan fingerprint density at radius 2 is 1.92 bits per heavy atom. The van der Waals surface area contributed by atoms with Crippen molar-refractivity contribution in [2.75, 3.05) is 0 Å². The lowest BCUT2D eigenvalue weighted by atomic mass is 10.0. The molecule has 0 aliphatic heterocycles. The van der Waals surface area contributed by atoms with Crippen LogP contribution < -0.4 is 0 Å². The van der Waals surface area contributed by atoms with Crippen LogP contribution in [-0.2, 0) is 17.6 Å². The molecule has 2 heterocycles. The van der Waals surface area contributed by atoms with Crippen LogP contribution in [0, 0.1) is 0 Å². The van der Waals surface area contributed by atoms with Crippen LogP contribution in [0.4, 0.5) is 0 Å². The van der Waals surface area contributed by atoms with Crippen LogP contribution in [0.25, 0.3) is 11.6 Å². The molecule has 3 aromatic rings. The van der Waals surface area contributed by atoms with Crippen LogP contribution in [0.15, 0.2) is 57.9 Å². The Hall–Kier alpha value is -2.69. The topological polar surface area (TPSA) is 69.1 Å². The van der Waals surface area contributed by atoms with Gasteiger partial charge in [0.15, 0.2) is 5.69 Å². The number of carbonyl (C=O) groups excluding carboxylic acids is 1. The van der Waals surface area contributed by atoms with E-state index < -0.39 is 0 Å². The third kappa shape index (κ3) is 4.65. The standard InChI is InChI=1S/C19H20N2O3/c22-16(10-6-2-5-9-15-7-3-1-4-8-15)13-18-21-17(14-24-18)19-20-11-12-23-19/h1,3-4,7-8,11-12,14H,2,5-6,9-10,13H2. The monoisotopic (exact) mass is 324 g/mol. The van der Waals surface area contributed by atoms with Gasteiger partial charge in [-0.25, -0.2) is 9.97 Å². The van der Waals surface area contributed by atoms with E-state index in [-0.39, 0.29) is 12.2 Å². The Kier molecular flexibility index (Phi) is 5.56. The molecule has 1 aromatic carbocycles. The Labute approximate surface area is 140 Å². The zero-order valence-corrected chi connectivity index (χ0v) is 13.5. The highest BCUT2D eigenvalue weighted by atomic mass is 16.4. The maximum absolute atomic E-state index is 12.0. The van der Waals surface area contributed by atoms with Crippen LogP contribution in [0.2, 0.25) is 0 Å². The number of aromatic nitrogens is 2. The van der Waals surface area contributed by atoms with Crippen LogP contribution in [-0.4, -0.2) is 15.8 Å². The zero-order chi connectivity index (χ0) is 16.6. The van der Waals surface area contributed by atoms with Crippen LogP contribution in [0.3, 0.4) is 0 Å². The van der Waals surface area contributed by atoms with Crippen molar-refractivity contribution in [1.29, 1.82) is 0 Å². The largest absolute Gasteiger partial charge is 0.448 e. The number of rotatable bonds is 9. The Morgan fingerprint density at radius 3 is 2.71 bits per heavy atom. The predicted molar refractivity (Wildman–Crippen MR) is 89.3 cm³/mol. The second kappa shape index (κ2) is 8.24. The summed E-state index contributed by atoms with van der Waals surface area (Å²) in [6, 6.07) is 10.4. The van der Waals surface area contributed by atoms with Gasteiger partial charge in [0.1, 0.15) is 18.3 Å². The average molecular weight is 324 g/mol. The van der Waals surface area contributed by atoms with E-state index in [1.165, 1.54) is 18.1 Å². The van der Waals surface area contributed by atoms with Gasteiger partial charge in [-0.05, 0) is 24.8 Å². The van der Waals surface area contributed by atoms with Crippen LogP contribution >= 0.6 is 0 Å². The molecule has 0 amide bonds. The Balaban J connectivity index is 1.35. The summed E-state index contributed by atoms with van der Waals surface area (Å²) in [5.41, 5.74) is 1.87. The molecule has 5 nitrogen and oxygen atoms in total. The number of nitrogens with zero attached hydrogens (tertiary/aromatic N) is 2. The summed E-state index contributed by atoms with van der Waals surface area (Å²) in [4.78, 5) is 20.2. The summed E-state index contributed by atoms with van der Waals surface area (Å²) in [7, 11) is 0. The molecular weight excluding hydrogens is 304 g/mol. The number of oxazole rings is 2. The lowest BCUT2D eigenvalue weighted by molar-refractivity contribution is -0.118. The smallest absolute Gasteiger partial charge is 0.248 e. The van der Waals surface area contributed by atoms with Crippen molar-refractivity contribution in [1.82, 2.24) is 9.97 Å². The van der Waals surface area contributed by atoms with Gasteiger partial charge in [-0.15, -0.1) is 0 Å². The molecule has 0 spiro atoms. The van der Waals surface area contributed by atoms with E-state index in [0.29, 0.717) is 23.9 Å². The van der Waals surface area contributed by atoms with Crippen molar-refractivity contribution in [2.24, 2.45) is 0 Å². The summed E-state index contributed by atoms with van der Waals surface area (Å²) in [5.74, 6) is 0.964. The lowest BCUT2D eigenvalue weighted by Crippen LogP contribution is -2.03. The number of ketones is 1. The van der Waals surface area contributed by atoms with E-state index in [4.69, 9.17) is 8.83 Å². The molecule has 2 aromatic heterocycles. The van der Waals surface area contributed by atoms with E-state index in [1.807, 2.05) is 6.07 Å². The molecule has 0 aliphatic carbocycles. The summed E-state index contributed by atoms with van der Waals surface area (Å²) in [5, 5.41) is 0. The van der Waals surface area contributed by atoms with Crippen molar-refractivity contribution in [3.8, 4) is 11.6 Å².